The van der Waals surface area contributed by atoms with Crippen molar-refractivity contribution >= 4 is 13.2 Å². The van der Waals surface area contributed by atoms with Gasteiger partial charge in [-0.1, -0.05) is 0 Å². The Kier molecular flexibility index (Phi) is 3.85. The van der Waals surface area contributed by atoms with Crippen LogP contribution in [0, 0.1) is 11.2 Å². The van der Waals surface area contributed by atoms with Gasteiger partial charge in [-0.05, 0) is 0 Å². The molecule has 1 aliphatic rings. The molecule has 4 N–H and O–H groups in total. The fourth-order valence-corrected chi connectivity index (χ4v) is 1.99. The van der Waals surface area contributed by atoms with Crippen LogP contribution < -0.4 is 15.9 Å². The highest BCUT2D eigenvalue weighted by molar-refractivity contribution is 6.35. The van der Waals surface area contributed by atoms with E-state index in [1.165, 1.54) is 16.8 Å². The van der Waals surface area contributed by atoms with Gasteiger partial charge in [0.2, 0.25) is 0 Å². The van der Waals surface area contributed by atoms with Crippen molar-refractivity contribution in [2.75, 3.05) is 12.3 Å². The van der Waals surface area contributed by atoms with Gasteiger partial charge in [-0.3, -0.25) is 5.26 Å². The van der Waals surface area contributed by atoms with Gasteiger partial charge < -0.3 is 25.2 Å². The number of aliphatic hydroxyl groups excluding tert-OH is 2. The minimum absolute atomic E-state index is 0.125. The summed E-state index contributed by atoms with van der Waals surface area (Å²) in [5.41, 5.74) is 5.05. The van der Waals surface area contributed by atoms with E-state index in [0.29, 0.717) is 0 Å². The molecular weight excluding hydrogens is 251 g/mol. The third-order valence-electron chi connectivity index (χ3n) is 2.99. The number of nitrogens with two attached hydrogens (primary N) is 1. The molecule has 0 bridgehead atoms. The number of hydrogen-bond donors (Lipinski definition) is 3. The van der Waals surface area contributed by atoms with Crippen molar-refractivity contribution in [3.8, 4) is 5.97 Å². The summed E-state index contributed by atoms with van der Waals surface area (Å²) in [5.74, 6) is 1.85. The summed E-state index contributed by atoms with van der Waals surface area (Å²) >= 11 is 0. The third kappa shape index (κ3) is 2.46. The van der Waals surface area contributed by atoms with E-state index in [1.54, 1.807) is 5.97 Å². The molecule has 100 valence electrons. The van der Waals surface area contributed by atoms with E-state index < -0.39 is 24.1 Å². The molecule has 3 atom stereocenters. The molecule has 9 heteroatoms. The second-order valence-corrected chi connectivity index (χ2v) is 4.17. The maximum Gasteiger partial charge on any atom is 0.396 e. The minimum Gasteiger partial charge on any atom is -0.435 e. The molecule has 1 aromatic heterocycles. The average Bonchev–Trinajstić information content (AvgIpc) is 2.75. The number of nitriles is 1. The van der Waals surface area contributed by atoms with Crippen molar-refractivity contribution in [1.82, 2.24) is 4.57 Å². The fraction of sp³-hybridized carbons (Fsp3) is 0.500. The molecule has 2 heterocycles. The Morgan fingerprint density at radius 3 is 3.05 bits per heavy atom. The van der Waals surface area contributed by atoms with Gasteiger partial charge >= 0.3 is 5.69 Å². The Labute approximate surface area is 109 Å². The molecule has 1 saturated heterocycles. The molecular formula is C10H13BN4O4. The predicted octanol–water partition coefficient (Wildman–Crippen LogP) is -2.69. The highest BCUT2D eigenvalue weighted by atomic mass is 16.5. The largest absolute Gasteiger partial charge is 0.435 e. The lowest BCUT2D eigenvalue weighted by atomic mass is 9.98. The lowest BCUT2D eigenvalue weighted by Crippen LogP contribution is -2.59. The summed E-state index contributed by atoms with van der Waals surface area (Å²) in [7, 11) is 0.989. The first kappa shape index (κ1) is 13.5. The molecule has 2 rings (SSSR count). The van der Waals surface area contributed by atoms with Crippen LogP contribution in [0.4, 0.5) is 5.82 Å². The summed E-state index contributed by atoms with van der Waals surface area (Å²) in [6.07, 6.45) is -0.646. The number of ether oxygens (including phenoxy) is 1. The second-order valence-electron chi connectivity index (χ2n) is 4.17. The van der Waals surface area contributed by atoms with Crippen molar-refractivity contribution in [2.45, 2.75) is 24.9 Å². The van der Waals surface area contributed by atoms with Crippen molar-refractivity contribution in [3.63, 3.8) is 0 Å². The van der Waals surface area contributed by atoms with Crippen LogP contribution in [0.3, 0.4) is 0 Å². The van der Waals surface area contributed by atoms with Gasteiger partial charge in [0, 0.05) is 19.9 Å². The Morgan fingerprint density at radius 2 is 2.47 bits per heavy atom. The summed E-state index contributed by atoms with van der Waals surface area (Å²) in [5, 5.41) is 27.3. The van der Waals surface area contributed by atoms with E-state index in [0.717, 1.165) is 11.9 Å². The van der Waals surface area contributed by atoms with Crippen LogP contribution in [0.2, 0.25) is 0 Å². The zero-order valence-electron chi connectivity index (χ0n) is 10.0. The molecule has 2 radical (unpaired) electrons. The lowest BCUT2D eigenvalue weighted by Gasteiger charge is -2.16. The zero-order chi connectivity index (χ0) is 14.0. The minimum atomic E-state index is -0.840. The van der Waals surface area contributed by atoms with Crippen molar-refractivity contribution in [1.29, 1.82) is 5.26 Å². The van der Waals surface area contributed by atoms with E-state index in [1.807, 2.05) is 0 Å². The molecule has 1 unspecified atom stereocenters. The first-order chi connectivity index (χ1) is 9.08. The smallest absolute Gasteiger partial charge is 0.396 e. The van der Waals surface area contributed by atoms with E-state index in [9.17, 15) is 9.90 Å². The van der Waals surface area contributed by atoms with Crippen LogP contribution in [0.25, 0.3) is 0 Å². The van der Waals surface area contributed by atoms with Gasteiger partial charge in [0.25, 0.3) is 0 Å². The summed E-state index contributed by atoms with van der Waals surface area (Å²) in [6, 6.07) is 1.46. The summed E-state index contributed by atoms with van der Waals surface area (Å²) in [4.78, 5) is 12.1. The van der Waals surface area contributed by atoms with E-state index in [-0.39, 0.29) is 18.8 Å². The molecule has 0 aromatic carbocycles. The third-order valence-corrected chi connectivity index (χ3v) is 2.99. The van der Waals surface area contributed by atoms with E-state index in [4.69, 9.17) is 20.8 Å². The van der Waals surface area contributed by atoms with Gasteiger partial charge in [-0.25, -0.2) is 9.36 Å². The molecule has 0 spiro atoms. The van der Waals surface area contributed by atoms with Crippen LogP contribution in [0.5, 0.6) is 0 Å². The standard InChI is InChI=1S/C10H12BN4O4/c12-5-11-15-8(13)1-2-14(10(15)18)9-3-6(17)7(4-16)19-9/h1-2,6-7,9,16-17H,3-4H2,(H-,13,18)/q-1/p+1/t6-,7+,9?/m0/s1. The van der Waals surface area contributed by atoms with Crippen LogP contribution in [0.15, 0.2) is 17.1 Å². The Balaban J connectivity index is 2.35. The molecule has 0 saturated carbocycles. The van der Waals surface area contributed by atoms with Gasteiger partial charge in [0.1, 0.15) is 6.10 Å². The average molecular weight is 264 g/mol. The highest BCUT2D eigenvalue weighted by Gasteiger charge is 2.36. The molecule has 0 aliphatic carbocycles. The summed E-state index contributed by atoms with van der Waals surface area (Å²) < 4.78 is 7.59. The molecule has 1 aliphatic heterocycles. The molecule has 1 fully saturated rings. The fourth-order valence-electron chi connectivity index (χ4n) is 1.99. The zero-order valence-corrected chi connectivity index (χ0v) is 10.0. The Morgan fingerprint density at radius 1 is 1.74 bits per heavy atom. The number of aliphatic hydroxyl groups is 2. The molecule has 19 heavy (non-hydrogen) atoms. The lowest BCUT2D eigenvalue weighted by molar-refractivity contribution is -0.535. The maximum absolute atomic E-state index is 12.1. The van der Waals surface area contributed by atoms with Crippen molar-refractivity contribution in [3.05, 3.63) is 22.7 Å². The quantitative estimate of drug-likeness (QED) is 0.510. The number of aromatic nitrogens is 2. The highest BCUT2D eigenvalue weighted by Crippen LogP contribution is 2.27. The Bertz CT molecular complexity index is 570. The summed E-state index contributed by atoms with van der Waals surface area (Å²) in [6.45, 7) is -0.328. The number of rotatable bonds is 3. The normalized spacial score (nSPS) is 26.3. The maximum atomic E-state index is 12.1. The van der Waals surface area contributed by atoms with Gasteiger partial charge in [0.15, 0.2) is 12.0 Å². The second kappa shape index (κ2) is 5.40. The monoisotopic (exact) mass is 264 g/mol. The van der Waals surface area contributed by atoms with Crippen LogP contribution in [-0.2, 0) is 4.74 Å². The Hall–Kier alpha value is -1.89. The molecule has 0 amide bonds. The molecule has 8 nitrogen and oxygen atoms in total. The van der Waals surface area contributed by atoms with Gasteiger partial charge in [-0.2, -0.15) is 5.97 Å². The number of nitrogens with zero attached hydrogens (tertiary/aromatic N) is 3. The molecule has 1 aromatic rings. The van der Waals surface area contributed by atoms with Gasteiger partial charge in [0.05, 0.1) is 18.9 Å². The SMILES string of the molecule is N#C[B-][n+]1c(N)ccn(C2C[C@H](O)[C@@H](CO)O2)c1=O. The van der Waals surface area contributed by atoms with Crippen LogP contribution in [0.1, 0.15) is 12.6 Å². The van der Waals surface area contributed by atoms with E-state index >= 15 is 0 Å². The van der Waals surface area contributed by atoms with Crippen LogP contribution >= 0.6 is 0 Å². The number of nitrogen functional groups attached to an aromatic ring is 1. The van der Waals surface area contributed by atoms with Crippen molar-refractivity contribution in [2.24, 2.45) is 0 Å². The van der Waals surface area contributed by atoms with Crippen LogP contribution in [-0.4, -0.2) is 41.0 Å². The topological polar surface area (TPSA) is 125 Å². The van der Waals surface area contributed by atoms with E-state index in [2.05, 4.69) is 0 Å². The first-order valence-corrected chi connectivity index (χ1v) is 5.68. The number of anilines is 1. The number of hydrogen-bond acceptors (Lipinski definition) is 6. The van der Waals surface area contributed by atoms with Crippen molar-refractivity contribution < 1.29 is 19.4 Å². The van der Waals surface area contributed by atoms with Gasteiger partial charge in [-0.15, -0.1) is 0 Å². The predicted molar refractivity (Wildman–Crippen MR) is 63.7 cm³/mol. The first-order valence-electron chi connectivity index (χ1n) is 5.68.